The van der Waals surface area contributed by atoms with Gasteiger partial charge in [0.15, 0.2) is 5.54 Å². The summed E-state index contributed by atoms with van der Waals surface area (Å²) in [6, 6.07) is 0. The molecule has 0 saturated heterocycles. The van der Waals surface area contributed by atoms with Gasteiger partial charge in [-0.3, -0.25) is 5.73 Å². The standard InChI is InChI=1S/C4H9N/c1-4(2,3)5/h1-2,5H2,3H3/q+1. The number of nitrogens with two attached hydrogens (primary N) is 1. The topological polar surface area (TPSA) is 26.0 Å². The summed E-state index contributed by atoms with van der Waals surface area (Å²) in [5.74, 6) is 0. The van der Waals surface area contributed by atoms with Gasteiger partial charge in [0.1, 0.15) is 0 Å². The Morgan fingerprint density at radius 1 is 2.00 bits per heavy atom. The molecule has 0 aliphatic heterocycles. The highest BCUT2D eigenvalue weighted by Gasteiger charge is 2.06. The van der Waals surface area contributed by atoms with Crippen LogP contribution in [-0.4, -0.2) is 5.54 Å². The van der Waals surface area contributed by atoms with Crippen molar-refractivity contribution >= 4 is 0 Å². The van der Waals surface area contributed by atoms with Crippen LogP contribution in [0.1, 0.15) is 6.92 Å². The second kappa shape index (κ2) is 0.902. The van der Waals surface area contributed by atoms with Crippen LogP contribution in [0, 0.1) is 13.8 Å². The molecule has 0 fully saturated rings. The summed E-state index contributed by atoms with van der Waals surface area (Å²) in [6.45, 7) is 8.62. The van der Waals surface area contributed by atoms with E-state index in [1.807, 2.05) is 0 Å². The van der Waals surface area contributed by atoms with Crippen LogP contribution < -0.4 is 5.73 Å². The molecule has 0 aliphatic carbocycles. The van der Waals surface area contributed by atoms with Crippen molar-refractivity contribution in [3.05, 3.63) is 13.8 Å². The summed E-state index contributed by atoms with van der Waals surface area (Å²) < 4.78 is 0. The van der Waals surface area contributed by atoms with Crippen molar-refractivity contribution < 1.29 is 0 Å². The van der Waals surface area contributed by atoms with Gasteiger partial charge in [0.05, 0.1) is 6.92 Å². The molecule has 5 heavy (non-hydrogen) atoms. The smallest absolute Gasteiger partial charge is 0.151 e. The highest BCUT2D eigenvalue weighted by Crippen LogP contribution is 1.86. The monoisotopic (exact) mass is 71.1 g/mol. The maximum atomic E-state index is 5.13. The minimum atomic E-state index is -0.500. The van der Waals surface area contributed by atoms with Gasteiger partial charge in [-0.25, -0.2) is 0 Å². The zero-order valence-electron chi connectivity index (χ0n) is 3.49. The lowest BCUT2D eigenvalue weighted by Gasteiger charge is -1.96. The SMILES string of the molecule is [CH2]C([CH2+])(C)N. The molecule has 0 rings (SSSR count). The molecule has 1 nitrogen and oxygen atoms in total. The first kappa shape index (κ1) is 4.83. The van der Waals surface area contributed by atoms with Gasteiger partial charge < -0.3 is 0 Å². The van der Waals surface area contributed by atoms with E-state index < -0.39 is 5.54 Å². The summed E-state index contributed by atoms with van der Waals surface area (Å²) in [4.78, 5) is 0. The Hall–Kier alpha value is -0.170. The van der Waals surface area contributed by atoms with Crippen molar-refractivity contribution in [2.24, 2.45) is 5.73 Å². The van der Waals surface area contributed by atoms with Gasteiger partial charge in [-0.2, -0.15) is 0 Å². The van der Waals surface area contributed by atoms with E-state index in [1.165, 1.54) is 0 Å². The van der Waals surface area contributed by atoms with Crippen LogP contribution in [0.25, 0.3) is 0 Å². The fourth-order valence-corrected chi connectivity index (χ4v) is 0. The van der Waals surface area contributed by atoms with Gasteiger partial charge in [-0.1, -0.05) is 0 Å². The Morgan fingerprint density at radius 2 is 2.00 bits per heavy atom. The molecular weight excluding hydrogens is 62.1 g/mol. The summed E-state index contributed by atoms with van der Waals surface area (Å²) in [5.41, 5.74) is 4.63. The van der Waals surface area contributed by atoms with Crippen LogP contribution in [0.3, 0.4) is 0 Å². The molecule has 0 bridgehead atoms. The number of rotatable bonds is 0. The highest BCUT2D eigenvalue weighted by molar-refractivity contribution is 4.82. The van der Waals surface area contributed by atoms with Gasteiger partial charge in [0.2, 0.25) is 0 Å². The summed E-state index contributed by atoms with van der Waals surface area (Å²) >= 11 is 0. The molecular formula is C4H9N+. The molecule has 0 amide bonds. The van der Waals surface area contributed by atoms with E-state index in [9.17, 15) is 0 Å². The number of hydrogen-bond acceptors (Lipinski definition) is 1. The fourth-order valence-electron chi connectivity index (χ4n) is 0. The molecule has 0 unspecified atom stereocenters. The molecule has 0 aliphatic rings. The fraction of sp³-hybridized carbons (Fsp3) is 0.500. The molecule has 0 atom stereocenters. The highest BCUT2D eigenvalue weighted by atomic mass is 14.7. The predicted molar refractivity (Wildman–Crippen MR) is 23.3 cm³/mol. The Balaban J connectivity index is 3.02. The second-order valence-corrected chi connectivity index (χ2v) is 1.65. The Labute approximate surface area is 33.2 Å². The third-order valence-electron chi connectivity index (χ3n) is 0. The zero-order chi connectivity index (χ0) is 4.50. The Bertz CT molecular complexity index is 19.1. The third-order valence-corrected chi connectivity index (χ3v) is 0. The molecule has 29 valence electrons. The van der Waals surface area contributed by atoms with Gasteiger partial charge in [0.25, 0.3) is 0 Å². The molecule has 1 radical (unpaired) electrons. The average Bonchev–Trinajstić information content (AvgIpc) is 0.722. The van der Waals surface area contributed by atoms with Gasteiger partial charge >= 0.3 is 0 Å². The molecule has 0 spiro atoms. The first-order chi connectivity index (χ1) is 2.00. The molecule has 0 heterocycles. The van der Waals surface area contributed by atoms with Crippen molar-refractivity contribution in [1.82, 2.24) is 0 Å². The van der Waals surface area contributed by atoms with Crippen LogP contribution in [-0.2, 0) is 0 Å². The average molecular weight is 71.1 g/mol. The minimum absolute atomic E-state index is 0.500. The molecule has 1 heteroatoms. The maximum Gasteiger partial charge on any atom is 0.151 e. The van der Waals surface area contributed by atoms with E-state index in [0.717, 1.165) is 0 Å². The van der Waals surface area contributed by atoms with E-state index in [2.05, 4.69) is 13.8 Å². The van der Waals surface area contributed by atoms with Crippen molar-refractivity contribution in [3.63, 3.8) is 0 Å². The van der Waals surface area contributed by atoms with Crippen LogP contribution in [0.5, 0.6) is 0 Å². The van der Waals surface area contributed by atoms with Gasteiger partial charge in [0, 0.05) is 6.92 Å². The van der Waals surface area contributed by atoms with Crippen molar-refractivity contribution in [2.75, 3.05) is 0 Å². The summed E-state index contributed by atoms with van der Waals surface area (Å²) in [5, 5.41) is 0. The minimum Gasteiger partial charge on any atom is -0.288 e. The van der Waals surface area contributed by atoms with E-state index in [-0.39, 0.29) is 0 Å². The molecule has 0 aromatic carbocycles. The zero-order valence-corrected chi connectivity index (χ0v) is 3.49. The first-order valence-electron chi connectivity index (χ1n) is 1.50. The van der Waals surface area contributed by atoms with Crippen molar-refractivity contribution in [2.45, 2.75) is 12.5 Å². The largest absolute Gasteiger partial charge is 0.288 e. The lowest BCUT2D eigenvalue weighted by Crippen LogP contribution is -2.27. The van der Waals surface area contributed by atoms with Crippen LogP contribution in [0.15, 0.2) is 0 Å². The predicted octanol–water partition coefficient (Wildman–Crippen LogP) is 0.372. The summed E-state index contributed by atoms with van der Waals surface area (Å²) in [7, 11) is 0. The van der Waals surface area contributed by atoms with Crippen molar-refractivity contribution in [1.29, 1.82) is 0 Å². The lowest BCUT2D eigenvalue weighted by atomic mass is 10.1. The summed E-state index contributed by atoms with van der Waals surface area (Å²) in [6.07, 6.45) is 0. The van der Waals surface area contributed by atoms with E-state index >= 15 is 0 Å². The lowest BCUT2D eigenvalue weighted by molar-refractivity contribution is 0.726. The third kappa shape index (κ3) is 444. The van der Waals surface area contributed by atoms with Crippen molar-refractivity contribution in [3.8, 4) is 0 Å². The number of hydrogen-bond donors (Lipinski definition) is 1. The van der Waals surface area contributed by atoms with E-state index in [0.29, 0.717) is 0 Å². The molecule has 0 saturated carbocycles. The van der Waals surface area contributed by atoms with Gasteiger partial charge in [-0.05, 0) is 6.92 Å². The first-order valence-corrected chi connectivity index (χ1v) is 1.50. The van der Waals surface area contributed by atoms with Crippen LogP contribution in [0.2, 0.25) is 0 Å². The Morgan fingerprint density at radius 3 is 2.00 bits per heavy atom. The van der Waals surface area contributed by atoms with Gasteiger partial charge in [-0.15, -0.1) is 0 Å². The van der Waals surface area contributed by atoms with Crippen LogP contribution >= 0.6 is 0 Å². The quantitative estimate of drug-likeness (QED) is 0.410. The normalized spacial score (nSPS) is 11.8. The van der Waals surface area contributed by atoms with Crippen LogP contribution in [0.4, 0.5) is 0 Å². The molecule has 0 aromatic heterocycles. The molecule has 0 aromatic rings. The maximum absolute atomic E-state index is 5.13. The Kier molecular flexibility index (Phi) is 0.872. The molecule has 2 N–H and O–H groups in total. The van der Waals surface area contributed by atoms with E-state index in [1.54, 1.807) is 6.92 Å². The van der Waals surface area contributed by atoms with E-state index in [4.69, 9.17) is 5.73 Å². The second-order valence-electron chi connectivity index (χ2n) is 1.65.